The maximum Gasteiger partial charge on any atom is 0.415 e. The summed E-state index contributed by atoms with van der Waals surface area (Å²) >= 11 is 0. The quantitative estimate of drug-likeness (QED) is 0.500. The van der Waals surface area contributed by atoms with Crippen molar-refractivity contribution in [3.05, 3.63) is 0 Å². The number of hydrogen-bond donors (Lipinski definition) is 0. The predicted octanol–water partition coefficient (Wildman–Crippen LogP) is 4.13. The largest absolute Gasteiger partial charge is 0.415 e. The second-order valence-corrected chi connectivity index (χ2v) is 3.11. The van der Waals surface area contributed by atoms with E-state index in [0.29, 0.717) is 0 Å². The smallest absolute Gasteiger partial charge is 0.303 e. The first-order valence-corrected chi connectivity index (χ1v) is 5.17. The molecule has 1 unspecified atom stereocenters. The van der Waals surface area contributed by atoms with Gasteiger partial charge in [-0.15, -0.1) is 0 Å². The van der Waals surface area contributed by atoms with E-state index in [1.165, 1.54) is 0 Å². The van der Waals surface area contributed by atoms with Crippen LogP contribution in [0, 0.1) is 0 Å². The Morgan fingerprint density at radius 3 is 2.08 bits per heavy atom. The fraction of sp³-hybridized carbons (Fsp3) is 1.00. The molecule has 0 aliphatic rings. The number of halogens is 4. The van der Waals surface area contributed by atoms with Gasteiger partial charge in [0.25, 0.3) is 0 Å². The van der Waals surface area contributed by atoms with Crippen LogP contribution in [0.4, 0.5) is 16.8 Å². The van der Waals surface area contributed by atoms with E-state index >= 15 is 0 Å². The van der Waals surface area contributed by atoms with Crippen LogP contribution in [0.3, 0.4) is 0 Å². The lowest BCUT2D eigenvalue weighted by molar-refractivity contribution is 0.124. The summed E-state index contributed by atoms with van der Waals surface area (Å²) in [7, 11) is -6.98. The van der Waals surface area contributed by atoms with E-state index in [0.717, 1.165) is 0 Å². The summed E-state index contributed by atoms with van der Waals surface area (Å²) in [5.41, 5.74) is 0. The minimum absolute atomic E-state index is 0.232. The highest BCUT2D eigenvalue weighted by atomic mass is 31.2. The normalized spacial score (nSPS) is 14.2. The van der Waals surface area contributed by atoms with E-state index in [-0.39, 0.29) is 6.42 Å². The van der Waals surface area contributed by atoms with E-state index in [1.54, 1.807) is 6.92 Å². The van der Waals surface area contributed by atoms with E-state index in [1.807, 2.05) is 0 Å². The first-order chi connectivity index (χ1) is 5.56. The van der Waals surface area contributed by atoms with Crippen molar-refractivity contribution >= 4 is 17.5 Å². The van der Waals surface area contributed by atoms with Crippen LogP contribution in [-0.2, 0) is 9.05 Å². The highest BCUT2D eigenvalue weighted by molar-refractivity contribution is 7.41. The van der Waals surface area contributed by atoms with Crippen LogP contribution in [0.5, 0.6) is 0 Å². The third-order valence-electron chi connectivity index (χ3n) is 1.04. The lowest BCUT2D eigenvalue weighted by atomic mass is 10.3. The Hall–Kier alpha value is 0.500. The van der Waals surface area contributed by atoms with Crippen LogP contribution >= 0.6 is 17.5 Å². The van der Waals surface area contributed by atoms with Crippen LogP contribution < -0.4 is 0 Å². The second kappa shape index (κ2) is 6.96. The molecule has 8 heteroatoms. The average Bonchev–Trinajstić information content (AvgIpc) is 1.97. The van der Waals surface area contributed by atoms with Crippen LogP contribution in [0.15, 0.2) is 0 Å². The first-order valence-electron chi connectivity index (χ1n) is 3.09. The minimum atomic E-state index is -3.49. The Kier molecular flexibility index (Phi) is 7.25. The zero-order valence-electron chi connectivity index (χ0n) is 6.21. The molecule has 0 radical (unpaired) electrons. The van der Waals surface area contributed by atoms with Gasteiger partial charge in [-0.2, -0.15) is 16.8 Å². The van der Waals surface area contributed by atoms with E-state index in [2.05, 4.69) is 9.05 Å². The predicted molar refractivity (Wildman–Crippen MR) is 39.4 cm³/mol. The Balaban J connectivity index is 3.53. The summed E-state index contributed by atoms with van der Waals surface area (Å²) in [5.74, 6) is 0. The topological polar surface area (TPSA) is 18.5 Å². The Morgan fingerprint density at radius 1 is 1.17 bits per heavy atom. The molecule has 0 bridgehead atoms. The highest BCUT2D eigenvalue weighted by Gasteiger charge is 2.17. The molecule has 0 aliphatic carbocycles. The van der Waals surface area contributed by atoms with Gasteiger partial charge >= 0.3 is 17.5 Å². The summed E-state index contributed by atoms with van der Waals surface area (Å²) in [4.78, 5) is 0. The van der Waals surface area contributed by atoms with Gasteiger partial charge in [-0.3, -0.25) is 4.52 Å². The van der Waals surface area contributed by atoms with Crippen molar-refractivity contribution in [2.75, 3.05) is 6.61 Å². The van der Waals surface area contributed by atoms with Crippen molar-refractivity contribution in [2.24, 2.45) is 0 Å². The van der Waals surface area contributed by atoms with Gasteiger partial charge in [0.1, 0.15) is 0 Å². The van der Waals surface area contributed by atoms with Gasteiger partial charge in [0, 0.05) is 0 Å². The lowest BCUT2D eigenvalue weighted by Crippen LogP contribution is -2.13. The second-order valence-electron chi connectivity index (χ2n) is 1.84. The van der Waals surface area contributed by atoms with Gasteiger partial charge in [-0.25, -0.2) is 0 Å². The molecule has 1 atom stereocenters. The monoisotopic (exact) mass is 226 g/mol. The first kappa shape index (κ1) is 12.5. The van der Waals surface area contributed by atoms with E-state index in [4.69, 9.17) is 0 Å². The molecular formula is C4H8F4O2P2. The molecule has 2 nitrogen and oxygen atoms in total. The van der Waals surface area contributed by atoms with Crippen LogP contribution in [0.1, 0.15) is 13.3 Å². The SMILES string of the molecule is CCC(COP(F)F)OP(F)F. The van der Waals surface area contributed by atoms with E-state index < -0.39 is 30.3 Å². The molecular weight excluding hydrogens is 218 g/mol. The fourth-order valence-corrected chi connectivity index (χ4v) is 1.19. The molecule has 12 heavy (non-hydrogen) atoms. The molecule has 0 rings (SSSR count). The molecule has 0 aromatic rings. The molecule has 0 N–H and O–H groups in total. The van der Waals surface area contributed by atoms with Gasteiger partial charge in [0.05, 0.1) is 12.7 Å². The summed E-state index contributed by atoms with van der Waals surface area (Å²) in [6, 6.07) is 0. The molecule has 0 amide bonds. The Labute approximate surface area is 70.4 Å². The van der Waals surface area contributed by atoms with Crippen LogP contribution in [-0.4, -0.2) is 12.7 Å². The zero-order valence-corrected chi connectivity index (χ0v) is 8.00. The van der Waals surface area contributed by atoms with E-state index in [9.17, 15) is 16.8 Å². The van der Waals surface area contributed by atoms with Gasteiger partial charge in [-0.1, -0.05) is 6.92 Å². The molecule has 0 saturated carbocycles. The fourth-order valence-electron chi connectivity index (χ4n) is 0.475. The van der Waals surface area contributed by atoms with Crippen molar-refractivity contribution < 1.29 is 25.8 Å². The third kappa shape index (κ3) is 7.17. The number of rotatable bonds is 6. The Morgan fingerprint density at radius 2 is 1.75 bits per heavy atom. The molecule has 0 fully saturated rings. The van der Waals surface area contributed by atoms with Crippen molar-refractivity contribution in [2.45, 2.75) is 19.4 Å². The minimum Gasteiger partial charge on any atom is -0.303 e. The lowest BCUT2D eigenvalue weighted by Gasteiger charge is -2.12. The molecule has 0 aromatic carbocycles. The van der Waals surface area contributed by atoms with Crippen molar-refractivity contribution in [3.8, 4) is 0 Å². The number of hydrogen-bond acceptors (Lipinski definition) is 2. The standard InChI is InChI=1S/C4H8F4O2P2/c1-2-4(10-12(7)8)3-9-11(5)6/h4H,2-3H2,1H3. The van der Waals surface area contributed by atoms with Crippen molar-refractivity contribution in [1.29, 1.82) is 0 Å². The molecule has 74 valence electrons. The van der Waals surface area contributed by atoms with Crippen molar-refractivity contribution in [3.63, 3.8) is 0 Å². The molecule has 0 spiro atoms. The highest BCUT2D eigenvalue weighted by Crippen LogP contribution is 2.44. The molecule has 0 aromatic heterocycles. The maximum atomic E-state index is 11.6. The molecule has 0 aliphatic heterocycles. The zero-order chi connectivity index (χ0) is 9.56. The molecule has 0 saturated heterocycles. The molecule has 0 heterocycles. The van der Waals surface area contributed by atoms with Gasteiger partial charge < -0.3 is 4.52 Å². The summed E-state index contributed by atoms with van der Waals surface area (Å²) < 4.78 is 54.1. The Bertz CT molecular complexity index is 115. The van der Waals surface area contributed by atoms with Gasteiger partial charge in [0.15, 0.2) is 0 Å². The average molecular weight is 226 g/mol. The summed E-state index contributed by atoms with van der Waals surface area (Å²) in [6.45, 7) is 1.09. The third-order valence-corrected chi connectivity index (χ3v) is 1.84. The van der Waals surface area contributed by atoms with Crippen molar-refractivity contribution in [1.82, 2.24) is 0 Å². The van der Waals surface area contributed by atoms with Gasteiger partial charge in [0.2, 0.25) is 0 Å². The maximum absolute atomic E-state index is 11.6. The van der Waals surface area contributed by atoms with Crippen LogP contribution in [0.2, 0.25) is 0 Å². The summed E-state index contributed by atoms with van der Waals surface area (Å²) in [5, 5.41) is 0. The summed E-state index contributed by atoms with van der Waals surface area (Å²) in [6.07, 6.45) is -0.696. The van der Waals surface area contributed by atoms with Gasteiger partial charge in [-0.05, 0) is 6.42 Å². The van der Waals surface area contributed by atoms with Crippen LogP contribution in [0.25, 0.3) is 0 Å².